The largest absolute Gasteiger partial charge is 0.372 e. The minimum Gasteiger partial charge on any atom is -0.372 e. The van der Waals surface area contributed by atoms with E-state index >= 15 is 0 Å². The minimum atomic E-state index is -0.285. The molecule has 2 heterocycles. The van der Waals surface area contributed by atoms with E-state index in [1.807, 2.05) is 20.8 Å². The quantitative estimate of drug-likeness (QED) is 0.880. The van der Waals surface area contributed by atoms with Gasteiger partial charge < -0.3 is 15.2 Å². The van der Waals surface area contributed by atoms with Gasteiger partial charge >= 0.3 is 0 Å². The number of carbonyl (C=O) groups excluding carboxylic acids is 1. The molecule has 0 radical (unpaired) electrons. The van der Waals surface area contributed by atoms with Crippen LogP contribution in [0.5, 0.6) is 0 Å². The van der Waals surface area contributed by atoms with Gasteiger partial charge in [0.2, 0.25) is 0 Å². The van der Waals surface area contributed by atoms with Gasteiger partial charge in [0.25, 0.3) is 5.91 Å². The van der Waals surface area contributed by atoms with Gasteiger partial charge in [-0.1, -0.05) is 5.16 Å². The molecule has 0 aromatic carbocycles. The molecule has 106 valence electrons. The third-order valence-corrected chi connectivity index (χ3v) is 3.01. The van der Waals surface area contributed by atoms with Crippen LogP contribution in [0.25, 0.3) is 0 Å². The Hall–Kier alpha value is -2.44. The number of carbonyl (C=O) groups is 1. The second-order valence-corrected chi connectivity index (χ2v) is 4.47. The molecule has 2 aromatic rings. The number of hydrogen-bond donors (Lipinski definition) is 2. The summed E-state index contributed by atoms with van der Waals surface area (Å²) in [6.07, 6.45) is 2.94. The molecule has 0 saturated carbocycles. The van der Waals surface area contributed by atoms with E-state index in [9.17, 15) is 4.79 Å². The lowest BCUT2D eigenvalue weighted by Crippen LogP contribution is -2.28. The van der Waals surface area contributed by atoms with Crippen LogP contribution < -0.4 is 10.6 Å². The standard InChI is InChI=1S/C13H17N5O2/c1-7(12-8(2)18-20-9(12)3)17-13(19)10-5-16-11(14-4)6-15-10/h5-7H,1-4H3,(H,14,16)(H,17,19). The molecule has 20 heavy (non-hydrogen) atoms. The van der Waals surface area contributed by atoms with E-state index in [0.29, 0.717) is 11.6 Å². The van der Waals surface area contributed by atoms with Gasteiger partial charge in [0, 0.05) is 12.6 Å². The normalized spacial score (nSPS) is 12.0. The third-order valence-electron chi connectivity index (χ3n) is 3.01. The summed E-state index contributed by atoms with van der Waals surface area (Å²) in [5.41, 5.74) is 1.92. The zero-order valence-corrected chi connectivity index (χ0v) is 11.9. The van der Waals surface area contributed by atoms with Crippen LogP contribution in [0.15, 0.2) is 16.9 Å². The van der Waals surface area contributed by atoms with E-state index in [-0.39, 0.29) is 17.6 Å². The molecular weight excluding hydrogens is 258 g/mol. The maximum absolute atomic E-state index is 12.1. The number of rotatable bonds is 4. The van der Waals surface area contributed by atoms with Crippen molar-refractivity contribution in [3.8, 4) is 0 Å². The van der Waals surface area contributed by atoms with E-state index in [4.69, 9.17) is 4.52 Å². The number of anilines is 1. The number of nitrogens with one attached hydrogen (secondary N) is 2. The van der Waals surface area contributed by atoms with Gasteiger partial charge in [-0.25, -0.2) is 9.97 Å². The van der Waals surface area contributed by atoms with Crippen molar-refractivity contribution in [3.05, 3.63) is 35.1 Å². The molecular formula is C13H17N5O2. The molecule has 7 heteroatoms. The van der Waals surface area contributed by atoms with Crippen molar-refractivity contribution in [2.45, 2.75) is 26.8 Å². The topological polar surface area (TPSA) is 92.9 Å². The van der Waals surface area contributed by atoms with Gasteiger partial charge in [-0.05, 0) is 20.8 Å². The predicted molar refractivity (Wildman–Crippen MR) is 73.4 cm³/mol. The summed E-state index contributed by atoms with van der Waals surface area (Å²) in [5, 5.41) is 9.58. The zero-order valence-electron chi connectivity index (χ0n) is 11.9. The minimum absolute atomic E-state index is 0.209. The van der Waals surface area contributed by atoms with E-state index in [2.05, 4.69) is 25.8 Å². The summed E-state index contributed by atoms with van der Waals surface area (Å²) in [6, 6.07) is -0.209. The zero-order chi connectivity index (χ0) is 14.7. The number of nitrogens with zero attached hydrogens (tertiary/aromatic N) is 3. The highest BCUT2D eigenvalue weighted by Gasteiger charge is 2.19. The van der Waals surface area contributed by atoms with Crippen LogP contribution in [0.4, 0.5) is 5.82 Å². The lowest BCUT2D eigenvalue weighted by Gasteiger charge is -2.13. The summed E-state index contributed by atoms with van der Waals surface area (Å²) < 4.78 is 5.10. The van der Waals surface area contributed by atoms with Gasteiger partial charge in [0.05, 0.1) is 24.1 Å². The SMILES string of the molecule is CNc1cnc(C(=O)NC(C)c2c(C)noc2C)cn1. The molecule has 0 bridgehead atoms. The van der Waals surface area contributed by atoms with Gasteiger partial charge in [-0.3, -0.25) is 4.79 Å². The molecule has 0 aliphatic rings. The second kappa shape index (κ2) is 5.68. The van der Waals surface area contributed by atoms with E-state index < -0.39 is 0 Å². The number of hydrogen-bond acceptors (Lipinski definition) is 6. The maximum Gasteiger partial charge on any atom is 0.271 e. The van der Waals surface area contributed by atoms with E-state index in [1.54, 1.807) is 7.05 Å². The van der Waals surface area contributed by atoms with Crippen molar-refractivity contribution in [1.29, 1.82) is 0 Å². The molecule has 7 nitrogen and oxygen atoms in total. The second-order valence-electron chi connectivity index (χ2n) is 4.47. The molecule has 2 aromatic heterocycles. The highest BCUT2D eigenvalue weighted by molar-refractivity contribution is 5.92. The van der Waals surface area contributed by atoms with Crippen molar-refractivity contribution in [2.75, 3.05) is 12.4 Å². The van der Waals surface area contributed by atoms with E-state index in [0.717, 1.165) is 11.3 Å². The fourth-order valence-electron chi connectivity index (χ4n) is 2.03. The lowest BCUT2D eigenvalue weighted by molar-refractivity contribution is 0.0934. The molecule has 0 aliphatic carbocycles. The van der Waals surface area contributed by atoms with Crippen molar-refractivity contribution in [1.82, 2.24) is 20.4 Å². The Bertz CT molecular complexity index is 586. The first kappa shape index (κ1) is 14.0. The molecule has 1 amide bonds. The Morgan fingerprint density at radius 1 is 1.30 bits per heavy atom. The van der Waals surface area contributed by atoms with Crippen molar-refractivity contribution in [3.63, 3.8) is 0 Å². The molecule has 2 rings (SSSR count). The Balaban J connectivity index is 2.11. The monoisotopic (exact) mass is 275 g/mol. The summed E-state index contributed by atoms with van der Waals surface area (Å²) >= 11 is 0. The van der Waals surface area contributed by atoms with Crippen molar-refractivity contribution in [2.24, 2.45) is 0 Å². The first-order valence-electron chi connectivity index (χ1n) is 6.26. The molecule has 2 N–H and O–H groups in total. The molecule has 0 spiro atoms. The average Bonchev–Trinajstić information content (AvgIpc) is 2.78. The fourth-order valence-corrected chi connectivity index (χ4v) is 2.03. The van der Waals surface area contributed by atoms with Gasteiger partial charge in [-0.2, -0.15) is 0 Å². The van der Waals surface area contributed by atoms with Crippen LogP contribution in [0.2, 0.25) is 0 Å². The fraction of sp³-hybridized carbons (Fsp3) is 0.385. The van der Waals surface area contributed by atoms with E-state index in [1.165, 1.54) is 12.4 Å². The first-order valence-corrected chi connectivity index (χ1v) is 6.26. The van der Waals surface area contributed by atoms with Crippen LogP contribution in [0, 0.1) is 13.8 Å². The number of aryl methyl sites for hydroxylation is 2. The smallest absolute Gasteiger partial charge is 0.271 e. The van der Waals surface area contributed by atoms with Gasteiger partial charge in [0.15, 0.2) is 0 Å². The van der Waals surface area contributed by atoms with Crippen molar-refractivity contribution < 1.29 is 9.32 Å². The highest BCUT2D eigenvalue weighted by atomic mass is 16.5. The average molecular weight is 275 g/mol. The summed E-state index contributed by atoms with van der Waals surface area (Å²) in [5.74, 6) is 1.03. The molecule has 0 fully saturated rings. The Morgan fingerprint density at radius 2 is 2.05 bits per heavy atom. The summed E-state index contributed by atoms with van der Waals surface area (Å²) in [4.78, 5) is 20.2. The van der Waals surface area contributed by atoms with Gasteiger partial charge in [0.1, 0.15) is 17.3 Å². The van der Waals surface area contributed by atoms with Gasteiger partial charge in [-0.15, -0.1) is 0 Å². The Kier molecular flexibility index (Phi) is 3.97. The summed E-state index contributed by atoms with van der Waals surface area (Å²) in [6.45, 7) is 5.54. The number of aromatic nitrogens is 3. The molecule has 1 atom stereocenters. The van der Waals surface area contributed by atoms with Crippen molar-refractivity contribution >= 4 is 11.7 Å². The predicted octanol–water partition coefficient (Wildman–Crippen LogP) is 1.61. The van der Waals surface area contributed by atoms with Crippen LogP contribution in [-0.4, -0.2) is 28.1 Å². The molecule has 1 unspecified atom stereocenters. The van der Waals surface area contributed by atoms with Crippen LogP contribution >= 0.6 is 0 Å². The number of amides is 1. The Labute approximate surface area is 116 Å². The maximum atomic E-state index is 12.1. The first-order chi connectivity index (χ1) is 9.52. The highest BCUT2D eigenvalue weighted by Crippen LogP contribution is 2.21. The van der Waals surface area contributed by atoms with Crippen LogP contribution in [0.3, 0.4) is 0 Å². The molecule has 0 aliphatic heterocycles. The lowest BCUT2D eigenvalue weighted by atomic mass is 10.1. The van der Waals surface area contributed by atoms with Crippen LogP contribution in [-0.2, 0) is 0 Å². The molecule has 0 saturated heterocycles. The Morgan fingerprint density at radius 3 is 2.55 bits per heavy atom. The van der Waals surface area contributed by atoms with Crippen LogP contribution in [0.1, 0.15) is 40.5 Å². The third kappa shape index (κ3) is 2.76. The summed E-state index contributed by atoms with van der Waals surface area (Å²) in [7, 11) is 1.74.